The van der Waals surface area contributed by atoms with Crippen LogP contribution in [0.3, 0.4) is 0 Å². The zero-order valence-corrected chi connectivity index (χ0v) is 16.6. The first-order chi connectivity index (χ1) is 13.6. The van der Waals surface area contributed by atoms with E-state index in [-0.39, 0.29) is 5.75 Å². The molecule has 142 valence electrons. The van der Waals surface area contributed by atoms with Crippen LogP contribution in [-0.2, 0) is 13.5 Å². The second-order valence-corrected chi connectivity index (χ2v) is 7.51. The summed E-state index contributed by atoms with van der Waals surface area (Å²) in [6, 6.07) is 7.24. The number of phenols is 1. The molecule has 0 aliphatic rings. The third-order valence-electron chi connectivity index (χ3n) is 4.64. The van der Waals surface area contributed by atoms with Gasteiger partial charge in [-0.25, -0.2) is 15.0 Å². The molecular weight excluding hydrogens is 370 g/mol. The number of nitrogens with one attached hydrogen (secondary N) is 1. The van der Waals surface area contributed by atoms with Crippen LogP contribution < -0.4 is 15.1 Å². The number of rotatable bonds is 5. The third-order valence-corrected chi connectivity index (χ3v) is 5.50. The third kappa shape index (κ3) is 3.36. The molecule has 0 aliphatic heterocycles. The number of imidazole rings is 1. The number of hydrogen-bond donors (Lipinski definition) is 2. The molecule has 28 heavy (non-hydrogen) atoms. The summed E-state index contributed by atoms with van der Waals surface area (Å²) in [5, 5.41) is 15.9. The van der Waals surface area contributed by atoms with Crippen LogP contribution in [0.4, 0.5) is 5.82 Å². The molecule has 3 heterocycles. The van der Waals surface area contributed by atoms with E-state index in [1.165, 1.54) is 0 Å². The van der Waals surface area contributed by atoms with E-state index in [0.29, 0.717) is 12.4 Å². The van der Waals surface area contributed by atoms with Gasteiger partial charge < -0.3 is 15.0 Å². The first-order valence-electron chi connectivity index (χ1n) is 9.01. The maximum Gasteiger partial charge on any atom is 0.165 e. The molecule has 6 nitrogen and oxygen atoms in total. The van der Waals surface area contributed by atoms with Crippen molar-refractivity contribution in [1.82, 2.24) is 19.5 Å². The average Bonchev–Trinajstić information content (AvgIpc) is 3.26. The molecule has 0 saturated carbocycles. The van der Waals surface area contributed by atoms with Crippen molar-refractivity contribution in [2.24, 2.45) is 7.05 Å². The number of anilines is 1. The number of hydrogen-bond acceptors (Lipinski definition) is 6. The highest BCUT2D eigenvalue weighted by Gasteiger charge is 2.14. The number of benzene rings is 1. The van der Waals surface area contributed by atoms with Gasteiger partial charge in [0.25, 0.3) is 0 Å². The van der Waals surface area contributed by atoms with Crippen molar-refractivity contribution in [1.29, 1.82) is 0 Å². The molecule has 0 spiro atoms. The maximum absolute atomic E-state index is 9.41. The van der Waals surface area contributed by atoms with E-state index in [1.807, 2.05) is 36.7 Å². The van der Waals surface area contributed by atoms with Crippen molar-refractivity contribution in [3.05, 3.63) is 51.3 Å². The molecule has 3 aromatic heterocycles. The predicted molar refractivity (Wildman–Crippen MR) is 115 cm³/mol. The topological polar surface area (TPSA) is 75.9 Å². The number of fused-ring (bicyclic) bond motifs is 1. The van der Waals surface area contributed by atoms with Crippen LogP contribution in [0, 0.1) is 0 Å². The van der Waals surface area contributed by atoms with Crippen molar-refractivity contribution in [2.45, 2.75) is 13.3 Å². The lowest BCUT2D eigenvalue weighted by atomic mass is 10.1. The Bertz CT molecular complexity index is 1240. The van der Waals surface area contributed by atoms with Crippen LogP contribution in [0.25, 0.3) is 35.2 Å². The smallest absolute Gasteiger partial charge is 0.165 e. The molecule has 0 radical (unpaired) electrons. The van der Waals surface area contributed by atoms with E-state index in [2.05, 4.69) is 22.3 Å². The van der Waals surface area contributed by atoms with E-state index in [9.17, 15) is 5.11 Å². The molecule has 7 heteroatoms. The van der Waals surface area contributed by atoms with Crippen molar-refractivity contribution in [2.75, 3.05) is 11.9 Å². The van der Waals surface area contributed by atoms with Gasteiger partial charge in [0.1, 0.15) is 11.3 Å². The normalized spacial score (nSPS) is 12.0. The summed E-state index contributed by atoms with van der Waals surface area (Å²) < 4.78 is 2.91. The zero-order valence-electron chi connectivity index (χ0n) is 15.8. The van der Waals surface area contributed by atoms with Gasteiger partial charge in [-0.1, -0.05) is 24.8 Å². The van der Waals surface area contributed by atoms with Crippen LogP contribution in [0.5, 0.6) is 5.75 Å². The standard InChI is InChI=1S/C21H21N5OS/c1-4-16-13(2)28-11-17(16)19-24-20(18-21(25-19)26(3)12-23-18)22-10-9-14-5-7-15(27)8-6-14/h4-8,11-12,27H,2,9-10H2,1,3H3,(H,22,24,25)/b16-4+. The Morgan fingerprint density at radius 3 is 2.79 bits per heavy atom. The fourth-order valence-corrected chi connectivity index (χ4v) is 3.98. The number of aryl methyl sites for hydroxylation is 1. The van der Waals surface area contributed by atoms with Crippen LogP contribution in [0.2, 0.25) is 0 Å². The molecule has 4 rings (SSSR count). The zero-order chi connectivity index (χ0) is 19.7. The minimum Gasteiger partial charge on any atom is -0.508 e. The lowest BCUT2D eigenvalue weighted by Gasteiger charge is -2.09. The summed E-state index contributed by atoms with van der Waals surface area (Å²) in [5.74, 6) is 1.66. The van der Waals surface area contributed by atoms with E-state index in [0.717, 1.165) is 44.3 Å². The van der Waals surface area contributed by atoms with Crippen molar-refractivity contribution >= 4 is 41.0 Å². The molecule has 0 atom stereocenters. The fraction of sp³-hybridized carbons (Fsp3) is 0.190. The molecule has 2 N–H and O–H groups in total. The molecule has 4 aromatic rings. The van der Waals surface area contributed by atoms with Crippen LogP contribution in [0.15, 0.2) is 36.0 Å². The molecule has 0 saturated heterocycles. The van der Waals surface area contributed by atoms with Gasteiger partial charge in [-0.05, 0) is 36.3 Å². The molecule has 1 aromatic carbocycles. The molecule has 0 bridgehead atoms. The second kappa shape index (κ2) is 7.44. The fourth-order valence-electron chi connectivity index (χ4n) is 3.14. The summed E-state index contributed by atoms with van der Waals surface area (Å²) in [6.45, 7) is 6.80. The van der Waals surface area contributed by atoms with Crippen LogP contribution in [0.1, 0.15) is 12.5 Å². The minimum atomic E-state index is 0.274. The predicted octanol–water partition coefficient (Wildman–Crippen LogP) is 2.66. The Balaban J connectivity index is 1.69. The quantitative estimate of drug-likeness (QED) is 0.547. The summed E-state index contributed by atoms with van der Waals surface area (Å²) in [4.78, 5) is 14.0. The summed E-state index contributed by atoms with van der Waals surface area (Å²) in [5.41, 5.74) is 3.67. The van der Waals surface area contributed by atoms with Crippen molar-refractivity contribution < 1.29 is 5.11 Å². The van der Waals surface area contributed by atoms with Crippen molar-refractivity contribution in [3.63, 3.8) is 0 Å². The number of phenolic OH excluding ortho intramolecular Hbond substituents is 1. The number of thiophene rings is 1. The highest BCUT2D eigenvalue weighted by atomic mass is 32.1. The lowest BCUT2D eigenvalue weighted by Crippen LogP contribution is -2.19. The van der Waals surface area contributed by atoms with E-state index in [1.54, 1.807) is 29.8 Å². The Morgan fingerprint density at radius 1 is 1.25 bits per heavy atom. The summed E-state index contributed by atoms with van der Waals surface area (Å²) in [7, 11) is 1.93. The highest BCUT2D eigenvalue weighted by Crippen LogP contribution is 2.22. The van der Waals surface area contributed by atoms with Crippen molar-refractivity contribution in [3.8, 4) is 17.1 Å². The molecule has 0 fully saturated rings. The second-order valence-electron chi connectivity index (χ2n) is 6.54. The first kappa shape index (κ1) is 18.2. The Hall–Kier alpha value is -3.19. The number of aromatic nitrogens is 4. The molecule has 0 amide bonds. The first-order valence-corrected chi connectivity index (χ1v) is 9.89. The van der Waals surface area contributed by atoms with Gasteiger partial charge in [-0.15, -0.1) is 11.3 Å². The van der Waals surface area contributed by atoms with Gasteiger partial charge in [0, 0.05) is 29.1 Å². The highest BCUT2D eigenvalue weighted by molar-refractivity contribution is 7.08. The largest absolute Gasteiger partial charge is 0.508 e. The number of aromatic hydroxyl groups is 1. The Morgan fingerprint density at radius 2 is 2.04 bits per heavy atom. The van der Waals surface area contributed by atoms with Gasteiger partial charge >= 0.3 is 0 Å². The Kier molecular flexibility index (Phi) is 4.83. The monoisotopic (exact) mass is 391 g/mol. The van der Waals surface area contributed by atoms with Crippen LogP contribution in [-0.4, -0.2) is 31.2 Å². The summed E-state index contributed by atoms with van der Waals surface area (Å²) >= 11 is 1.60. The average molecular weight is 392 g/mol. The SMILES string of the molecule is C=c1scc(-c2nc(NCCc3ccc(O)cc3)c3ncn(C)c3n2)/c1=C/C. The molecule has 0 aliphatic carbocycles. The number of nitrogens with zero attached hydrogens (tertiary/aromatic N) is 4. The van der Waals surface area contributed by atoms with Gasteiger partial charge in [0.05, 0.1) is 6.33 Å². The summed E-state index contributed by atoms with van der Waals surface area (Å²) in [6.07, 6.45) is 4.61. The molecule has 0 unspecified atom stereocenters. The molecular formula is C21H21N5OS. The van der Waals surface area contributed by atoms with E-state index < -0.39 is 0 Å². The van der Waals surface area contributed by atoms with Gasteiger partial charge in [-0.3, -0.25) is 0 Å². The maximum atomic E-state index is 9.41. The minimum absolute atomic E-state index is 0.274. The lowest BCUT2D eigenvalue weighted by molar-refractivity contribution is 0.475. The van der Waals surface area contributed by atoms with Gasteiger partial charge in [0.2, 0.25) is 0 Å². The van der Waals surface area contributed by atoms with Gasteiger partial charge in [0.15, 0.2) is 17.3 Å². The van der Waals surface area contributed by atoms with Crippen LogP contribution >= 0.6 is 11.3 Å². The van der Waals surface area contributed by atoms with Gasteiger partial charge in [-0.2, -0.15) is 0 Å². The van der Waals surface area contributed by atoms with E-state index >= 15 is 0 Å². The Labute approximate surface area is 166 Å². The van der Waals surface area contributed by atoms with E-state index in [4.69, 9.17) is 9.97 Å².